The molecule has 2 aliphatic rings. The molecule has 2 saturated heterocycles. The normalized spacial score (nSPS) is 52.2. The van der Waals surface area contributed by atoms with Gasteiger partial charge in [0.15, 0.2) is 5.79 Å². The molecule has 4 unspecified atom stereocenters. The summed E-state index contributed by atoms with van der Waals surface area (Å²) >= 11 is 0. The minimum absolute atomic E-state index is 0.257. The lowest BCUT2D eigenvalue weighted by atomic mass is 9.67. The second kappa shape index (κ2) is 7.99. The highest BCUT2D eigenvalue weighted by Crippen LogP contribution is 2.52. The summed E-state index contributed by atoms with van der Waals surface area (Å²) in [7, 11) is 2.98. The lowest BCUT2D eigenvalue weighted by Gasteiger charge is -2.62. The van der Waals surface area contributed by atoms with Gasteiger partial charge in [-0.05, 0) is 41.0 Å². The van der Waals surface area contributed by atoms with Crippen LogP contribution in [0.25, 0.3) is 0 Å². The number of hydrogen-bond acceptors (Lipinski definition) is 8. The van der Waals surface area contributed by atoms with E-state index in [1.165, 1.54) is 14.2 Å². The Morgan fingerprint density at radius 2 is 1.67 bits per heavy atom. The number of rotatable bonds is 6. The van der Waals surface area contributed by atoms with Crippen LogP contribution in [-0.4, -0.2) is 82.6 Å². The van der Waals surface area contributed by atoms with E-state index in [1.807, 2.05) is 13.8 Å². The lowest BCUT2D eigenvalue weighted by molar-refractivity contribution is -0.429. The molecule has 176 valence electrons. The van der Waals surface area contributed by atoms with Crippen molar-refractivity contribution in [1.82, 2.24) is 0 Å². The van der Waals surface area contributed by atoms with Gasteiger partial charge < -0.3 is 39.0 Å². The van der Waals surface area contributed by atoms with Crippen LogP contribution >= 0.6 is 0 Å². The van der Waals surface area contributed by atoms with Crippen molar-refractivity contribution in [1.29, 1.82) is 0 Å². The largest absolute Gasteiger partial charge is 0.487 e. The summed E-state index contributed by atoms with van der Waals surface area (Å²) in [5, 5.41) is 32.7. The minimum atomic E-state index is -1.65. The van der Waals surface area contributed by atoms with Crippen LogP contribution in [0.3, 0.4) is 0 Å². The highest BCUT2D eigenvalue weighted by Gasteiger charge is 2.68. The number of aliphatic hydroxyl groups excluding tert-OH is 2. The van der Waals surface area contributed by atoms with Crippen molar-refractivity contribution in [3.8, 4) is 0 Å². The van der Waals surface area contributed by atoms with Crippen molar-refractivity contribution in [3.63, 3.8) is 0 Å². The van der Waals surface area contributed by atoms with E-state index < -0.39 is 46.5 Å². The standard InChI is InChI=1S/C22H40O8/c1-11-18(4)17(24)19(5,26-9)16(14(3)28-18)30-22(8)21(7,25)20(6,27-10)13(2)15(12-23)29-22/h13,15-17,23-25H,3,11-12H2,1-2,4-10H3/t13-,15?,16-,17?,18+,19?,20+,21?,22-/m0/s1. The van der Waals surface area contributed by atoms with Crippen molar-refractivity contribution in [2.75, 3.05) is 20.8 Å². The highest BCUT2D eigenvalue weighted by molar-refractivity contribution is 5.19. The summed E-state index contributed by atoms with van der Waals surface area (Å²) in [5.74, 6) is -1.73. The molecule has 0 aromatic rings. The molecule has 2 rings (SSSR count). The predicted molar refractivity (Wildman–Crippen MR) is 111 cm³/mol. The van der Waals surface area contributed by atoms with E-state index in [9.17, 15) is 15.3 Å². The van der Waals surface area contributed by atoms with Gasteiger partial charge in [0.2, 0.25) is 0 Å². The quantitative estimate of drug-likeness (QED) is 0.583. The summed E-state index contributed by atoms with van der Waals surface area (Å²) in [6.07, 6.45) is -2.15. The van der Waals surface area contributed by atoms with Crippen LogP contribution in [0.1, 0.15) is 54.9 Å². The Labute approximate surface area is 180 Å². The molecule has 8 nitrogen and oxygen atoms in total. The van der Waals surface area contributed by atoms with Crippen LogP contribution in [0.15, 0.2) is 12.3 Å². The molecule has 2 aliphatic heterocycles. The fourth-order valence-electron chi connectivity index (χ4n) is 4.85. The zero-order valence-corrected chi connectivity index (χ0v) is 19.8. The average molecular weight is 433 g/mol. The van der Waals surface area contributed by atoms with Gasteiger partial charge in [0.1, 0.15) is 40.4 Å². The molecule has 8 heteroatoms. The zero-order chi connectivity index (χ0) is 23.3. The Hall–Kier alpha value is -0.740. The van der Waals surface area contributed by atoms with Crippen LogP contribution in [0.4, 0.5) is 0 Å². The highest BCUT2D eigenvalue weighted by atomic mass is 16.7. The monoisotopic (exact) mass is 432 g/mol. The third kappa shape index (κ3) is 3.32. The third-order valence-electron chi connectivity index (χ3n) is 8.04. The topological polar surface area (TPSA) is 107 Å². The van der Waals surface area contributed by atoms with Gasteiger partial charge in [0.25, 0.3) is 0 Å². The zero-order valence-electron chi connectivity index (χ0n) is 19.8. The molecule has 0 aromatic carbocycles. The van der Waals surface area contributed by atoms with Crippen molar-refractivity contribution in [2.24, 2.45) is 5.92 Å². The molecule has 30 heavy (non-hydrogen) atoms. The Morgan fingerprint density at radius 1 is 1.10 bits per heavy atom. The molecule has 2 heterocycles. The Balaban J connectivity index is 2.53. The average Bonchev–Trinajstić information content (AvgIpc) is 2.71. The number of ether oxygens (including phenoxy) is 5. The van der Waals surface area contributed by atoms with Gasteiger partial charge in [0, 0.05) is 20.1 Å². The maximum absolute atomic E-state index is 11.6. The Kier molecular flexibility index (Phi) is 6.80. The van der Waals surface area contributed by atoms with Crippen LogP contribution < -0.4 is 0 Å². The first kappa shape index (κ1) is 25.5. The van der Waals surface area contributed by atoms with Gasteiger partial charge >= 0.3 is 0 Å². The Morgan fingerprint density at radius 3 is 2.10 bits per heavy atom. The molecule has 0 spiro atoms. The number of aliphatic hydroxyl groups is 3. The fourth-order valence-corrected chi connectivity index (χ4v) is 4.85. The molecule has 3 N–H and O–H groups in total. The first-order valence-corrected chi connectivity index (χ1v) is 10.5. The minimum Gasteiger partial charge on any atom is -0.487 e. The van der Waals surface area contributed by atoms with Crippen molar-refractivity contribution in [2.45, 2.75) is 101 Å². The van der Waals surface area contributed by atoms with Crippen molar-refractivity contribution >= 4 is 0 Å². The SMILES string of the molecule is C=C1O[C@](C)(CC)C(O)C(C)(OC)[C@H]1O[C@]1(C)OC(CO)[C@H](C)[C@@](C)(OC)C1(C)O. The van der Waals surface area contributed by atoms with E-state index in [1.54, 1.807) is 34.6 Å². The van der Waals surface area contributed by atoms with E-state index in [0.29, 0.717) is 6.42 Å². The summed E-state index contributed by atoms with van der Waals surface area (Å²) in [6, 6.07) is 0. The van der Waals surface area contributed by atoms with E-state index in [-0.39, 0.29) is 18.3 Å². The molecular formula is C22H40O8. The predicted octanol–water partition coefficient (Wildman–Crippen LogP) is 1.75. The van der Waals surface area contributed by atoms with Crippen molar-refractivity contribution in [3.05, 3.63) is 12.3 Å². The molecule has 9 atom stereocenters. The van der Waals surface area contributed by atoms with E-state index >= 15 is 0 Å². The van der Waals surface area contributed by atoms with Crippen LogP contribution in [0.2, 0.25) is 0 Å². The van der Waals surface area contributed by atoms with Gasteiger partial charge in [-0.2, -0.15) is 0 Å². The molecule has 0 aromatic heterocycles. The Bertz CT molecular complexity index is 653. The molecule has 0 amide bonds. The second-order valence-electron chi connectivity index (χ2n) is 9.48. The molecule has 2 fully saturated rings. The number of methoxy groups -OCH3 is 2. The molecule has 0 radical (unpaired) electrons. The summed E-state index contributed by atoms with van der Waals surface area (Å²) in [6.45, 7) is 15.9. The van der Waals surface area contributed by atoms with Gasteiger partial charge in [-0.25, -0.2) is 0 Å². The second-order valence-corrected chi connectivity index (χ2v) is 9.48. The van der Waals surface area contributed by atoms with Crippen LogP contribution in [0, 0.1) is 5.92 Å². The lowest BCUT2D eigenvalue weighted by Crippen LogP contribution is -2.77. The van der Waals surface area contributed by atoms with E-state index in [0.717, 1.165) is 0 Å². The first-order valence-electron chi connectivity index (χ1n) is 10.5. The summed E-state index contributed by atoms with van der Waals surface area (Å²) in [5.41, 5.74) is -4.90. The molecular weight excluding hydrogens is 392 g/mol. The third-order valence-corrected chi connectivity index (χ3v) is 8.04. The van der Waals surface area contributed by atoms with Gasteiger partial charge in [-0.1, -0.05) is 20.4 Å². The molecule has 0 aliphatic carbocycles. The van der Waals surface area contributed by atoms with E-state index in [4.69, 9.17) is 23.7 Å². The summed E-state index contributed by atoms with van der Waals surface area (Å²) in [4.78, 5) is 0. The van der Waals surface area contributed by atoms with E-state index in [2.05, 4.69) is 6.58 Å². The van der Waals surface area contributed by atoms with Gasteiger partial charge in [-0.3, -0.25) is 0 Å². The van der Waals surface area contributed by atoms with Crippen LogP contribution in [-0.2, 0) is 23.7 Å². The smallest absolute Gasteiger partial charge is 0.198 e. The van der Waals surface area contributed by atoms with Crippen molar-refractivity contribution < 1.29 is 39.0 Å². The maximum Gasteiger partial charge on any atom is 0.198 e. The van der Waals surface area contributed by atoms with Crippen LogP contribution in [0.5, 0.6) is 0 Å². The molecule has 0 bridgehead atoms. The summed E-state index contributed by atoms with van der Waals surface area (Å²) < 4.78 is 30.0. The number of hydrogen-bond donors (Lipinski definition) is 3. The first-order chi connectivity index (χ1) is 13.6. The molecule has 0 saturated carbocycles. The van der Waals surface area contributed by atoms with Gasteiger partial charge in [0.05, 0.1) is 12.7 Å². The van der Waals surface area contributed by atoms with Gasteiger partial charge in [-0.15, -0.1) is 0 Å². The fraction of sp³-hybridized carbons (Fsp3) is 0.909. The maximum atomic E-state index is 11.6.